The average Bonchev–Trinajstić information content (AvgIpc) is 2.95. The first-order valence-electron chi connectivity index (χ1n) is 7.60. The van der Waals surface area contributed by atoms with Crippen LogP contribution >= 0.6 is 0 Å². The van der Waals surface area contributed by atoms with Gasteiger partial charge in [-0.1, -0.05) is 19.9 Å². The predicted molar refractivity (Wildman–Crippen MR) is 86.9 cm³/mol. The van der Waals surface area contributed by atoms with Gasteiger partial charge in [0.1, 0.15) is 5.75 Å². The third-order valence-corrected chi connectivity index (χ3v) is 3.80. The van der Waals surface area contributed by atoms with Crippen LogP contribution in [-0.2, 0) is 6.54 Å². The molecule has 0 spiro atoms. The molecule has 0 unspecified atom stereocenters. The highest BCUT2D eigenvalue weighted by Gasteiger charge is 2.08. The molecule has 0 amide bonds. The molecule has 0 fully saturated rings. The highest BCUT2D eigenvalue weighted by molar-refractivity contribution is 5.58. The van der Waals surface area contributed by atoms with Crippen LogP contribution in [-0.4, -0.2) is 16.9 Å². The van der Waals surface area contributed by atoms with Gasteiger partial charge in [0.05, 0.1) is 31.1 Å². The van der Waals surface area contributed by atoms with Gasteiger partial charge in [0.15, 0.2) is 0 Å². The van der Waals surface area contributed by atoms with Gasteiger partial charge in [-0.3, -0.25) is 4.68 Å². The summed E-state index contributed by atoms with van der Waals surface area (Å²) in [5.74, 6) is 0.861. The number of nitrogens with one attached hydrogen (secondary N) is 1. The standard InChI is InChI=1S/C17H25N3O/c1-5-15(6-2)20-10-9-14(19-20)12-18-16-11-13(3)7-8-17(16)21-4/h7-11,15,18H,5-6,12H2,1-4H3. The molecule has 1 aromatic heterocycles. The zero-order chi connectivity index (χ0) is 15.2. The maximum atomic E-state index is 5.38. The van der Waals surface area contributed by atoms with E-state index in [9.17, 15) is 0 Å². The Hall–Kier alpha value is -1.97. The van der Waals surface area contributed by atoms with Crippen molar-refractivity contribution in [1.82, 2.24) is 9.78 Å². The quantitative estimate of drug-likeness (QED) is 0.830. The van der Waals surface area contributed by atoms with Crippen LogP contribution in [0.5, 0.6) is 5.75 Å². The van der Waals surface area contributed by atoms with Crippen molar-refractivity contribution in [1.29, 1.82) is 0 Å². The van der Waals surface area contributed by atoms with Gasteiger partial charge in [0.2, 0.25) is 0 Å². The fourth-order valence-electron chi connectivity index (χ4n) is 2.48. The number of anilines is 1. The zero-order valence-corrected chi connectivity index (χ0v) is 13.4. The van der Waals surface area contributed by atoms with Gasteiger partial charge in [-0.2, -0.15) is 5.10 Å². The van der Waals surface area contributed by atoms with Gasteiger partial charge in [-0.15, -0.1) is 0 Å². The number of aryl methyl sites for hydroxylation is 1. The van der Waals surface area contributed by atoms with Crippen molar-refractivity contribution in [2.75, 3.05) is 12.4 Å². The lowest BCUT2D eigenvalue weighted by molar-refractivity contribution is 0.416. The zero-order valence-electron chi connectivity index (χ0n) is 13.4. The monoisotopic (exact) mass is 287 g/mol. The Labute approximate surface area is 127 Å². The van der Waals surface area contributed by atoms with E-state index in [1.165, 1.54) is 5.56 Å². The van der Waals surface area contributed by atoms with Gasteiger partial charge in [0.25, 0.3) is 0 Å². The van der Waals surface area contributed by atoms with Crippen LogP contribution in [0.15, 0.2) is 30.5 Å². The first-order valence-corrected chi connectivity index (χ1v) is 7.60. The molecule has 1 N–H and O–H groups in total. The summed E-state index contributed by atoms with van der Waals surface area (Å²) in [5.41, 5.74) is 3.26. The summed E-state index contributed by atoms with van der Waals surface area (Å²) in [6, 6.07) is 8.70. The average molecular weight is 287 g/mol. The number of ether oxygens (including phenoxy) is 1. The number of hydrogen-bond acceptors (Lipinski definition) is 3. The minimum atomic E-state index is 0.493. The van der Waals surface area contributed by atoms with Crippen LogP contribution in [0, 0.1) is 6.92 Å². The molecule has 0 aliphatic carbocycles. The maximum absolute atomic E-state index is 5.38. The van der Waals surface area contributed by atoms with E-state index in [-0.39, 0.29) is 0 Å². The Morgan fingerprint density at radius 3 is 2.67 bits per heavy atom. The van der Waals surface area contributed by atoms with Crippen molar-refractivity contribution >= 4 is 5.69 Å². The van der Waals surface area contributed by atoms with Crippen molar-refractivity contribution < 1.29 is 4.74 Å². The van der Waals surface area contributed by atoms with Gasteiger partial charge >= 0.3 is 0 Å². The number of nitrogens with zero attached hydrogens (tertiary/aromatic N) is 2. The van der Waals surface area contributed by atoms with E-state index in [0.717, 1.165) is 30.0 Å². The summed E-state index contributed by atoms with van der Waals surface area (Å²) in [6.45, 7) is 7.18. The lowest BCUT2D eigenvalue weighted by Gasteiger charge is -2.13. The van der Waals surface area contributed by atoms with E-state index in [0.29, 0.717) is 12.6 Å². The van der Waals surface area contributed by atoms with E-state index in [2.05, 4.69) is 54.2 Å². The minimum Gasteiger partial charge on any atom is -0.495 e. The molecular weight excluding hydrogens is 262 g/mol. The summed E-state index contributed by atoms with van der Waals surface area (Å²) >= 11 is 0. The van der Waals surface area contributed by atoms with Crippen LogP contribution in [0.25, 0.3) is 0 Å². The molecule has 0 radical (unpaired) electrons. The van der Waals surface area contributed by atoms with Gasteiger partial charge < -0.3 is 10.1 Å². The molecular formula is C17H25N3O. The minimum absolute atomic E-state index is 0.493. The van der Waals surface area contributed by atoms with E-state index >= 15 is 0 Å². The highest BCUT2D eigenvalue weighted by atomic mass is 16.5. The molecule has 2 rings (SSSR count). The topological polar surface area (TPSA) is 39.1 Å². The largest absolute Gasteiger partial charge is 0.495 e. The number of methoxy groups -OCH3 is 1. The molecule has 21 heavy (non-hydrogen) atoms. The van der Waals surface area contributed by atoms with Crippen molar-refractivity contribution in [3.8, 4) is 5.75 Å². The van der Waals surface area contributed by atoms with Crippen molar-refractivity contribution in [2.24, 2.45) is 0 Å². The summed E-state index contributed by atoms with van der Waals surface area (Å²) in [6.07, 6.45) is 4.29. The van der Waals surface area contributed by atoms with Crippen molar-refractivity contribution in [3.63, 3.8) is 0 Å². The van der Waals surface area contributed by atoms with Crippen LogP contribution in [0.3, 0.4) is 0 Å². The smallest absolute Gasteiger partial charge is 0.141 e. The van der Waals surface area contributed by atoms with Gasteiger partial charge in [-0.05, 0) is 43.5 Å². The lowest BCUT2D eigenvalue weighted by atomic mass is 10.2. The first kappa shape index (κ1) is 15.4. The summed E-state index contributed by atoms with van der Waals surface area (Å²) in [5, 5.41) is 8.07. The molecule has 2 aromatic rings. The van der Waals surface area contributed by atoms with Crippen LogP contribution in [0.2, 0.25) is 0 Å². The number of rotatable bonds is 7. The molecule has 0 aliphatic heterocycles. The third kappa shape index (κ3) is 3.78. The first-order chi connectivity index (χ1) is 10.2. The fraction of sp³-hybridized carbons (Fsp3) is 0.471. The molecule has 0 saturated carbocycles. The second-order valence-corrected chi connectivity index (χ2v) is 5.31. The summed E-state index contributed by atoms with van der Waals surface area (Å²) in [4.78, 5) is 0. The third-order valence-electron chi connectivity index (χ3n) is 3.80. The van der Waals surface area contributed by atoms with Crippen molar-refractivity contribution in [2.45, 2.75) is 46.2 Å². The molecule has 4 nitrogen and oxygen atoms in total. The Balaban J connectivity index is 2.05. The number of hydrogen-bond donors (Lipinski definition) is 1. The summed E-state index contributed by atoms with van der Waals surface area (Å²) in [7, 11) is 1.69. The second-order valence-electron chi connectivity index (χ2n) is 5.31. The van der Waals surface area contributed by atoms with E-state index in [1.807, 2.05) is 12.1 Å². The van der Waals surface area contributed by atoms with Gasteiger partial charge in [-0.25, -0.2) is 0 Å². The molecule has 0 aliphatic rings. The molecule has 0 saturated heterocycles. The lowest BCUT2D eigenvalue weighted by Crippen LogP contribution is -2.09. The Bertz CT molecular complexity index is 573. The molecule has 0 bridgehead atoms. The predicted octanol–water partition coefficient (Wildman–Crippen LogP) is 4.17. The number of aromatic nitrogens is 2. The van der Waals surface area contributed by atoms with Crippen LogP contribution in [0.1, 0.15) is 44.0 Å². The molecule has 4 heteroatoms. The highest BCUT2D eigenvalue weighted by Crippen LogP contribution is 2.25. The Morgan fingerprint density at radius 2 is 2.00 bits per heavy atom. The Morgan fingerprint density at radius 1 is 1.24 bits per heavy atom. The van der Waals surface area contributed by atoms with E-state index in [4.69, 9.17) is 4.74 Å². The molecule has 0 atom stereocenters. The molecule has 114 valence electrons. The Kier molecular flexibility index (Phi) is 5.26. The van der Waals surface area contributed by atoms with E-state index in [1.54, 1.807) is 7.11 Å². The summed E-state index contributed by atoms with van der Waals surface area (Å²) < 4.78 is 7.45. The SMILES string of the molecule is CCC(CC)n1ccc(CNc2cc(C)ccc2OC)n1. The van der Waals surface area contributed by atoms with E-state index < -0.39 is 0 Å². The molecule has 1 aromatic carbocycles. The normalized spacial score (nSPS) is 10.9. The van der Waals surface area contributed by atoms with Gasteiger partial charge in [0, 0.05) is 6.20 Å². The van der Waals surface area contributed by atoms with Crippen LogP contribution in [0.4, 0.5) is 5.69 Å². The second kappa shape index (κ2) is 7.16. The fourth-order valence-corrected chi connectivity index (χ4v) is 2.48. The number of benzene rings is 1. The molecule has 1 heterocycles. The maximum Gasteiger partial charge on any atom is 0.141 e. The van der Waals surface area contributed by atoms with Crippen molar-refractivity contribution in [3.05, 3.63) is 41.7 Å². The van der Waals surface area contributed by atoms with Crippen LogP contribution < -0.4 is 10.1 Å².